The lowest BCUT2D eigenvalue weighted by molar-refractivity contribution is 0.0932. The summed E-state index contributed by atoms with van der Waals surface area (Å²) in [5, 5.41) is 3.11. The van der Waals surface area contributed by atoms with Crippen molar-refractivity contribution in [3.8, 4) is 0 Å². The lowest BCUT2D eigenvalue weighted by Gasteiger charge is -2.26. The van der Waals surface area contributed by atoms with Crippen LogP contribution in [0.5, 0.6) is 0 Å². The molecule has 2 aromatic carbocycles. The van der Waals surface area contributed by atoms with E-state index in [0.717, 1.165) is 25.5 Å². The van der Waals surface area contributed by atoms with Gasteiger partial charge in [0, 0.05) is 5.56 Å². The van der Waals surface area contributed by atoms with E-state index in [4.69, 9.17) is 0 Å². The number of rotatable bonds is 4. The second-order valence-corrected chi connectivity index (χ2v) is 8.22. The fourth-order valence-electron chi connectivity index (χ4n) is 3.33. The summed E-state index contributed by atoms with van der Waals surface area (Å²) in [5.74, 6) is -0.184. The van der Waals surface area contributed by atoms with Crippen molar-refractivity contribution in [1.29, 1.82) is 0 Å². The Balaban J connectivity index is 1.84. The molecule has 0 heterocycles. The van der Waals surface area contributed by atoms with E-state index >= 15 is 0 Å². The summed E-state index contributed by atoms with van der Waals surface area (Å²) in [5.41, 5.74) is 3.99. The van der Waals surface area contributed by atoms with Crippen molar-refractivity contribution >= 4 is 21.6 Å². The fourth-order valence-corrected chi connectivity index (χ4v) is 3.95. The topological polar surface area (TPSA) is 75.3 Å². The van der Waals surface area contributed by atoms with Gasteiger partial charge in [0.05, 0.1) is 18.0 Å². The van der Waals surface area contributed by atoms with Crippen molar-refractivity contribution in [2.45, 2.75) is 32.2 Å². The normalized spacial score (nSPS) is 16.8. The number of amides is 1. The number of fused-ring (bicyclic) bond motifs is 1. The van der Waals surface area contributed by atoms with E-state index < -0.39 is 10.0 Å². The summed E-state index contributed by atoms with van der Waals surface area (Å²) < 4.78 is 25.4. The lowest BCUT2D eigenvalue weighted by Crippen LogP contribution is -2.31. The highest BCUT2D eigenvalue weighted by atomic mass is 32.2. The van der Waals surface area contributed by atoms with Crippen LogP contribution in [0.1, 0.15) is 45.9 Å². The Kier molecular flexibility index (Phi) is 4.81. The number of carbonyl (C=O) groups is 1. The van der Waals surface area contributed by atoms with Crippen molar-refractivity contribution in [2.75, 3.05) is 11.0 Å². The van der Waals surface area contributed by atoms with Gasteiger partial charge in [-0.15, -0.1) is 0 Å². The molecule has 0 saturated heterocycles. The van der Waals surface area contributed by atoms with E-state index in [2.05, 4.69) is 22.2 Å². The van der Waals surface area contributed by atoms with Gasteiger partial charge in [-0.25, -0.2) is 8.42 Å². The Morgan fingerprint density at radius 2 is 1.88 bits per heavy atom. The second-order valence-electron chi connectivity index (χ2n) is 6.47. The zero-order chi connectivity index (χ0) is 18.0. The Bertz CT molecular complexity index is 907. The van der Waals surface area contributed by atoms with Gasteiger partial charge in [0.25, 0.3) is 5.91 Å². The number of hydrogen-bond donors (Lipinski definition) is 2. The molecule has 2 aromatic rings. The molecule has 0 aliphatic heterocycles. The number of sulfonamides is 1. The predicted molar refractivity (Wildman–Crippen MR) is 99.2 cm³/mol. The SMILES string of the molecule is Cc1c(NS(C)(=O)=O)cccc1C(=O)N[C@@H]1CCCc2ccccc21. The second kappa shape index (κ2) is 6.88. The quantitative estimate of drug-likeness (QED) is 0.881. The minimum Gasteiger partial charge on any atom is -0.345 e. The van der Waals surface area contributed by atoms with Crippen molar-refractivity contribution in [1.82, 2.24) is 5.32 Å². The lowest BCUT2D eigenvalue weighted by atomic mass is 9.87. The maximum Gasteiger partial charge on any atom is 0.252 e. The number of carbonyl (C=O) groups excluding carboxylic acids is 1. The monoisotopic (exact) mass is 358 g/mol. The summed E-state index contributed by atoms with van der Waals surface area (Å²) >= 11 is 0. The van der Waals surface area contributed by atoms with Crippen LogP contribution in [0.15, 0.2) is 42.5 Å². The minimum atomic E-state index is -3.39. The van der Waals surface area contributed by atoms with E-state index in [1.165, 1.54) is 11.1 Å². The first-order valence-electron chi connectivity index (χ1n) is 8.31. The first-order valence-corrected chi connectivity index (χ1v) is 10.2. The van der Waals surface area contributed by atoms with Crippen LogP contribution in [0, 0.1) is 6.92 Å². The minimum absolute atomic E-state index is 0.0108. The maximum atomic E-state index is 12.8. The van der Waals surface area contributed by atoms with E-state index in [1.807, 2.05) is 12.1 Å². The average Bonchev–Trinajstić information content (AvgIpc) is 2.56. The summed E-state index contributed by atoms with van der Waals surface area (Å²) in [7, 11) is -3.39. The van der Waals surface area contributed by atoms with Crippen molar-refractivity contribution in [2.24, 2.45) is 0 Å². The molecule has 6 heteroatoms. The van der Waals surface area contributed by atoms with Gasteiger partial charge in [0.2, 0.25) is 10.0 Å². The molecule has 1 aliphatic carbocycles. The average molecular weight is 358 g/mol. The van der Waals surface area contributed by atoms with Crippen molar-refractivity contribution in [3.63, 3.8) is 0 Å². The van der Waals surface area contributed by atoms with Crippen molar-refractivity contribution in [3.05, 3.63) is 64.7 Å². The third kappa shape index (κ3) is 4.02. The zero-order valence-electron chi connectivity index (χ0n) is 14.4. The van der Waals surface area contributed by atoms with Crippen LogP contribution in [0.2, 0.25) is 0 Å². The standard InChI is InChI=1S/C19H22N2O3S/c1-13-15(10-6-11-17(13)21-25(2,23)24)19(22)20-18-12-5-8-14-7-3-4-9-16(14)18/h3-4,6-7,9-11,18,21H,5,8,12H2,1-2H3,(H,20,22)/t18-/m1/s1. The van der Waals surface area contributed by atoms with Crippen LogP contribution >= 0.6 is 0 Å². The molecule has 25 heavy (non-hydrogen) atoms. The third-order valence-electron chi connectivity index (χ3n) is 4.55. The molecule has 5 nitrogen and oxygen atoms in total. The van der Waals surface area contributed by atoms with Gasteiger partial charge in [-0.05, 0) is 55.0 Å². The van der Waals surface area contributed by atoms with Gasteiger partial charge < -0.3 is 5.32 Å². The highest BCUT2D eigenvalue weighted by Crippen LogP contribution is 2.30. The van der Waals surface area contributed by atoms with Crippen LogP contribution < -0.4 is 10.0 Å². The number of nitrogens with one attached hydrogen (secondary N) is 2. The molecule has 2 N–H and O–H groups in total. The summed E-state index contributed by atoms with van der Waals surface area (Å²) in [4.78, 5) is 12.8. The van der Waals surface area contributed by atoms with Gasteiger partial charge in [0.1, 0.15) is 0 Å². The summed E-state index contributed by atoms with van der Waals surface area (Å²) in [6, 6.07) is 13.2. The Labute approximate surface area is 148 Å². The first kappa shape index (κ1) is 17.5. The molecule has 0 aromatic heterocycles. The van der Waals surface area contributed by atoms with E-state index in [9.17, 15) is 13.2 Å². The van der Waals surface area contributed by atoms with Crippen LogP contribution in [-0.2, 0) is 16.4 Å². The van der Waals surface area contributed by atoms with Crippen LogP contribution in [0.25, 0.3) is 0 Å². The largest absolute Gasteiger partial charge is 0.345 e. The Hall–Kier alpha value is -2.34. The molecular weight excluding hydrogens is 336 g/mol. The fraction of sp³-hybridized carbons (Fsp3) is 0.316. The van der Waals surface area contributed by atoms with Gasteiger partial charge in [0.15, 0.2) is 0 Å². The van der Waals surface area contributed by atoms with Gasteiger partial charge in [-0.3, -0.25) is 9.52 Å². The summed E-state index contributed by atoms with van der Waals surface area (Å²) in [6.07, 6.45) is 4.08. The van der Waals surface area contributed by atoms with Crippen LogP contribution in [0.4, 0.5) is 5.69 Å². The smallest absolute Gasteiger partial charge is 0.252 e. The number of benzene rings is 2. The Morgan fingerprint density at radius 1 is 1.12 bits per heavy atom. The molecule has 0 spiro atoms. The number of hydrogen-bond acceptors (Lipinski definition) is 3. The molecule has 0 radical (unpaired) electrons. The molecule has 1 aliphatic rings. The van der Waals surface area contributed by atoms with E-state index in [0.29, 0.717) is 16.8 Å². The predicted octanol–water partition coefficient (Wildman–Crippen LogP) is 3.17. The van der Waals surface area contributed by atoms with Gasteiger partial charge in [-0.1, -0.05) is 30.3 Å². The molecular formula is C19H22N2O3S. The molecule has 0 fully saturated rings. The summed E-state index contributed by atoms with van der Waals surface area (Å²) in [6.45, 7) is 1.75. The number of anilines is 1. The first-order chi connectivity index (χ1) is 11.8. The molecule has 0 bridgehead atoms. The highest BCUT2D eigenvalue weighted by Gasteiger charge is 2.23. The van der Waals surface area contributed by atoms with Crippen LogP contribution in [0.3, 0.4) is 0 Å². The van der Waals surface area contributed by atoms with Crippen LogP contribution in [-0.4, -0.2) is 20.6 Å². The molecule has 1 atom stereocenters. The van der Waals surface area contributed by atoms with Crippen molar-refractivity contribution < 1.29 is 13.2 Å². The molecule has 132 valence electrons. The van der Waals surface area contributed by atoms with Gasteiger partial charge >= 0.3 is 0 Å². The van der Waals surface area contributed by atoms with Gasteiger partial charge in [-0.2, -0.15) is 0 Å². The third-order valence-corrected chi connectivity index (χ3v) is 5.14. The number of aryl methyl sites for hydroxylation is 1. The molecule has 1 amide bonds. The molecule has 0 unspecified atom stereocenters. The van der Waals surface area contributed by atoms with E-state index in [-0.39, 0.29) is 11.9 Å². The maximum absolute atomic E-state index is 12.8. The highest BCUT2D eigenvalue weighted by molar-refractivity contribution is 7.92. The molecule has 0 saturated carbocycles. The Morgan fingerprint density at radius 3 is 2.64 bits per heavy atom. The van der Waals surface area contributed by atoms with E-state index in [1.54, 1.807) is 25.1 Å². The zero-order valence-corrected chi connectivity index (χ0v) is 15.2. The molecule has 3 rings (SSSR count).